The zero-order valence-corrected chi connectivity index (χ0v) is 15.8. The Morgan fingerprint density at radius 1 is 1.19 bits per heavy atom. The molecule has 1 saturated heterocycles. The van der Waals surface area contributed by atoms with Crippen molar-refractivity contribution in [2.45, 2.75) is 33.3 Å². The minimum absolute atomic E-state index is 0.0489. The third-order valence-electron chi connectivity index (χ3n) is 3.65. The van der Waals surface area contributed by atoms with Gasteiger partial charge in [-0.15, -0.1) is 0 Å². The van der Waals surface area contributed by atoms with Crippen LogP contribution in [0, 0.1) is 11.3 Å². The molecule has 1 fully saturated rings. The van der Waals surface area contributed by atoms with Gasteiger partial charge < -0.3 is 20.3 Å². The Balaban J connectivity index is 2.89. The lowest BCUT2D eigenvalue weighted by molar-refractivity contribution is -0.136. The van der Waals surface area contributed by atoms with E-state index in [1.165, 1.54) is 18.0 Å². The fraction of sp³-hybridized carbons (Fsp3) is 0.647. The number of amides is 3. The van der Waals surface area contributed by atoms with Crippen molar-refractivity contribution >= 4 is 17.9 Å². The molecule has 0 bridgehead atoms. The van der Waals surface area contributed by atoms with Gasteiger partial charge in [0.1, 0.15) is 17.2 Å². The highest BCUT2D eigenvalue weighted by Gasteiger charge is 2.27. The third kappa shape index (κ3) is 6.37. The van der Waals surface area contributed by atoms with Crippen LogP contribution in [0.1, 0.15) is 27.7 Å². The van der Waals surface area contributed by atoms with Gasteiger partial charge in [0.2, 0.25) is 5.91 Å². The number of nitrogens with zero attached hydrogens (tertiary/aromatic N) is 4. The topological polar surface area (TPSA) is 120 Å². The highest BCUT2D eigenvalue weighted by molar-refractivity contribution is 5.97. The maximum Gasteiger partial charge on any atom is 0.414 e. The average Bonchev–Trinajstić information content (AvgIpc) is 2.56. The second-order valence-electron chi connectivity index (χ2n) is 6.92. The van der Waals surface area contributed by atoms with E-state index in [-0.39, 0.29) is 24.6 Å². The molecular weight excluding hydrogens is 338 g/mol. The second kappa shape index (κ2) is 9.20. The molecule has 9 nitrogen and oxygen atoms in total. The first-order valence-corrected chi connectivity index (χ1v) is 8.45. The molecule has 0 unspecified atom stereocenters. The Morgan fingerprint density at radius 3 is 2.15 bits per heavy atom. The van der Waals surface area contributed by atoms with Crippen LogP contribution in [-0.2, 0) is 14.3 Å². The van der Waals surface area contributed by atoms with Gasteiger partial charge in [-0.1, -0.05) is 0 Å². The van der Waals surface area contributed by atoms with Crippen molar-refractivity contribution in [2.24, 2.45) is 5.73 Å². The second-order valence-corrected chi connectivity index (χ2v) is 6.92. The molecule has 144 valence electrons. The van der Waals surface area contributed by atoms with Gasteiger partial charge in [0.15, 0.2) is 0 Å². The fourth-order valence-electron chi connectivity index (χ4n) is 2.35. The molecular formula is C17H27N5O4. The van der Waals surface area contributed by atoms with Crippen LogP contribution in [-0.4, -0.2) is 77.5 Å². The SMILES string of the molecule is CC(=O)N1CCN(C(=O)/C(C#N)=C\N(CCN)C(=O)OC(C)(C)C)CC1. The molecule has 1 heterocycles. The predicted octanol–water partition coefficient (Wildman–Crippen LogP) is 0.280. The highest BCUT2D eigenvalue weighted by Crippen LogP contribution is 2.13. The Labute approximate surface area is 153 Å². The molecule has 0 aromatic heterocycles. The van der Waals surface area contributed by atoms with Crippen molar-refractivity contribution in [3.8, 4) is 6.07 Å². The molecule has 26 heavy (non-hydrogen) atoms. The number of hydrogen-bond donors (Lipinski definition) is 1. The molecule has 0 aromatic rings. The average molecular weight is 365 g/mol. The summed E-state index contributed by atoms with van der Waals surface area (Å²) in [6, 6.07) is 1.84. The monoisotopic (exact) mass is 365 g/mol. The van der Waals surface area contributed by atoms with Crippen molar-refractivity contribution < 1.29 is 19.1 Å². The number of ether oxygens (including phenoxy) is 1. The molecule has 0 atom stereocenters. The molecule has 1 rings (SSSR count). The van der Waals surface area contributed by atoms with E-state index >= 15 is 0 Å². The molecule has 3 amide bonds. The first-order valence-electron chi connectivity index (χ1n) is 8.45. The lowest BCUT2D eigenvalue weighted by Crippen LogP contribution is -2.50. The van der Waals surface area contributed by atoms with Crippen molar-refractivity contribution in [2.75, 3.05) is 39.3 Å². The summed E-state index contributed by atoms with van der Waals surface area (Å²) in [5.41, 5.74) is 4.63. The van der Waals surface area contributed by atoms with Gasteiger partial charge in [0.25, 0.3) is 5.91 Å². The maximum atomic E-state index is 12.6. The molecule has 0 spiro atoms. The van der Waals surface area contributed by atoms with Crippen LogP contribution in [0.3, 0.4) is 0 Å². The lowest BCUT2D eigenvalue weighted by Gasteiger charge is -2.34. The van der Waals surface area contributed by atoms with Gasteiger partial charge in [-0.05, 0) is 20.8 Å². The van der Waals surface area contributed by atoms with Crippen LogP contribution in [0.25, 0.3) is 0 Å². The summed E-state index contributed by atoms with van der Waals surface area (Å²) in [6.45, 7) is 8.41. The summed E-state index contributed by atoms with van der Waals surface area (Å²) in [4.78, 5) is 40.4. The molecule has 0 aliphatic carbocycles. The number of hydrogen-bond acceptors (Lipinski definition) is 6. The van der Waals surface area contributed by atoms with E-state index < -0.39 is 17.6 Å². The van der Waals surface area contributed by atoms with E-state index in [0.717, 1.165) is 4.90 Å². The zero-order valence-electron chi connectivity index (χ0n) is 15.8. The Hall–Kier alpha value is -2.60. The van der Waals surface area contributed by atoms with Crippen molar-refractivity contribution in [3.05, 3.63) is 11.8 Å². The van der Waals surface area contributed by atoms with Gasteiger partial charge >= 0.3 is 6.09 Å². The number of carbonyl (C=O) groups excluding carboxylic acids is 3. The predicted molar refractivity (Wildman–Crippen MR) is 94.5 cm³/mol. The van der Waals surface area contributed by atoms with E-state index in [9.17, 15) is 19.6 Å². The van der Waals surface area contributed by atoms with Crippen LogP contribution in [0.4, 0.5) is 4.79 Å². The van der Waals surface area contributed by atoms with Crippen molar-refractivity contribution in [1.29, 1.82) is 5.26 Å². The minimum Gasteiger partial charge on any atom is -0.443 e. The quantitative estimate of drug-likeness (QED) is 0.564. The summed E-state index contributed by atoms with van der Waals surface area (Å²) in [7, 11) is 0. The number of rotatable bonds is 4. The zero-order chi connectivity index (χ0) is 19.9. The number of piperazine rings is 1. The van der Waals surface area contributed by atoms with Gasteiger partial charge in [-0.25, -0.2) is 4.79 Å². The smallest absolute Gasteiger partial charge is 0.414 e. The normalized spacial score (nSPS) is 15.3. The Kier molecular flexibility index (Phi) is 7.58. The number of nitrogens with two attached hydrogens (primary N) is 1. The third-order valence-corrected chi connectivity index (χ3v) is 3.65. The fourth-order valence-corrected chi connectivity index (χ4v) is 2.35. The molecule has 0 radical (unpaired) electrons. The first kappa shape index (κ1) is 21.4. The minimum atomic E-state index is -0.711. The molecule has 0 aromatic carbocycles. The molecule has 1 aliphatic heterocycles. The summed E-state index contributed by atoms with van der Waals surface area (Å²) in [5, 5.41) is 9.36. The van der Waals surface area contributed by atoms with Crippen molar-refractivity contribution in [3.63, 3.8) is 0 Å². The summed E-state index contributed by atoms with van der Waals surface area (Å²) < 4.78 is 5.27. The van der Waals surface area contributed by atoms with E-state index in [0.29, 0.717) is 26.2 Å². The largest absolute Gasteiger partial charge is 0.443 e. The highest BCUT2D eigenvalue weighted by atomic mass is 16.6. The van der Waals surface area contributed by atoms with Gasteiger partial charge in [0, 0.05) is 52.4 Å². The van der Waals surface area contributed by atoms with E-state index in [4.69, 9.17) is 10.5 Å². The molecule has 0 saturated carbocycles. The van der Waals surface area contributed by atoms with Crippen LogP contribution in [0.2, 0.25) is 0 Å². The molecule has 2 N–H and O–H groups in total. The van der Waals surface area contributed by atoms with Gasteiger partial charge in [0.05, 0.1) is 0 Å². The van der Waals surface area contributed by atoms with Crippen LogP contribution >= 0.6 is 0 Å². The van der Waals surface area contributed by atoms with Crippen LogP contribution in [0.5, 0.6) is 0 Å². The van der Waals surface area contributed by atoms with Gasteiger partial charge in [-0.3, -0.25) is 14.5 Å². The first-order chi connectivity index (χ1) is 12.1. The Bertz CT molecular complexity index is 610. The van der Waals surface area contributed by atoms with Crippen LogP contribution in [0.15, 0.2) is 11.8 Å². The maximum absolute atomic E-state index is 12.6. The standard InChI is InChI=1S/C17H27N5O4/c1-13(23)20-7-9-21(10-8-20)15(24)14(11-19)12-22(6-5-18)16(25)26-17(2,3)4/h12H,5-10,18H2,1-4H3/b14-12-. The lowest BCUT2D eigenvalue weighted by atomic mass is 10.2. The Morgan fingerprint density at radius 2 is 1.73 bits per heavy atom. The van der Waals surface area contributed by atoms with E-state index in [1.54, 1.807) is 25.7 Å². The summed E-state index contributed by atoms with van der Waals surface area (Å²) in [6.07, 6.45) is 0.505. The summed E-state index contributed by atoms with van der Waals surface area (Å²) >= 11 is 0. The van der Waals surface area contributed by atoms with Crippen molar-refractivity contribution in [1.82, 2.24) is 14.7 Å². The number of carbonyl (C=O) groups is 3. The number of nitriles is 1. The van der Waals surface area contributed by atoms with E-state index in [1.807, 2.05) is 6.07 Å². The molecule has 1 aliphatic rings. The van der Waals surface area contributed by atoms with E-state index in [2.05, 4.69) is 0 Å². The van der Waals surface area contributed by atoms with Crippen LogP contribution < -0.4 is 5.73 Å². The molecule has 9 heteroatoms. The summed E-state index contributed by atoms with van der Waals surface area (Å²) in [5.74, 6) is -0.534. The van der Waals surface area contributed by atoms with Gasteiger partial charge in [-0.2, -0.15) is 5.26 Å².